The van der Waals surface area contributed by atoms with E-state index < -0.39 is 17.9 Å². The lowest BCUT2D eigenvalue weighted by atomic mass is 10.1. The van der Waals surface area contributed by atoms with Crippen LogP contribution in [0.25, 0.3) is 0 Å². The summed E-state index contributed by atoms with van der Waals surface area (Å²) in [5.74, 6) is 0. The number of hydrogen-bond donors (Lipinski definition) is 1. The summed E-state index contributed by atoms with van der Waals surface area (Å²) in [6, 6.07) is -0.662. The molecule has 1 heterocycles. The summed E-state index contributed by atoms with van der Waals surface area (Å²) in [5.41, 5.74) is 4.62. The minimum absolute atomic E-state index is 0. The molecule has 0 saturated heterocycles. The lowest BCUT2D eigenvalue weighted by Gasteiger charge is -2.11. The van der Waals surface area contributed by atoms with Crippen molar-refractivity contribution < 1.29 is 13.2 Å². The van der Waals surface area contributed by atoms with Crippen LogP contribution in [0.15, 0.2) is 6.20 Å². The van der Waals surface area contributed by atoms with Crippen molar-refractivity contribution in [3.8, 4) is 0 Å². The highest BCUT2D eigenvalue weighted by Crippen LogP contribution is 2.33. The summed E-state index contributed by atoms with van der Waals surface area (Å²) >= 11 is 0. The van der Waals surface area contributed by atoms with Gasteiger partial charge in [0.25, 0.3) is 0 Å². The third-order valence-electron chi connectivity index (χ3n) is 1.73. The molecule has 1 aromatic heterocycles. The van der Waals surface area contributed by atoms with Crippen LogP contribution in [0.1, 0.15) is 24.2 Å². The molecule has 0 aliphatic heterocycles. The molecule has 0 aromatic carbocycles. The Morgan fingerprint density at radius 3 is 2.13 bits per heavy atom. The Labute approximate surface area is 97.6 Å². The molecular weight excluding hydrogens is 254 g/mol. The van der Waals surface area contributed by atoms with Gasteiger partial charge in [-0.2, -0.15) is 18.3 Å². The molecular formula is C7H12Cl2F3N3. The molecule has 0 unspecified atom stereocenters. The van der Waals surface area contributed by atoms with E-state index in [-0.39, 0.29) is 30.4 Å². The van der Waals surface area contributed by atoms with Crippen LogP contribution in [0.3, 0.4) is 0 Å². The van der Waals surface area contributed by atoms with E-state index >= 15 is 0 Å². The third-order valence-corrected chi connectivity index (χ3v) is 1.73. The second kappa shape index (κ2) is 5.58. The molecule has 15 heavy (non-hydrogen) atoms. The van der Waals surface area contributed by atoms with E-state index in [0.29, 0.717) is 0 Å². The van der Waals surface area contributed by atoms with Gasteiger partial charge in [0.2, 0.25) is 0 Å². The van der Waals surface area contributed by atoms with Crippen LogP contribution in [-0.2, 0) is 13.2 Å². The van der Waals surface area contributed by atoms with Crippen LogP contribution in [0.4, 0.5) is 13.2 Å². The minimum atomic E-state index is -4.39. The highest BCUT2D eigenvalue weighted by molar-refractivity contribution is 5.85. The molecule has 90 valence electrons. The highest BCUT2D eigenvalue weighted by atomic mass is 35.5. The van der Waals surface area contributed by atoms with Crippen molar-refractivity contribution in [2.45, 2.75) is 19.1 Å². The average Bonchev–Trinajstić information content (AvgIpc) is 2.28. The van der Waals surface area contributed by atoms with Gasteiger partial charge >= 0.3 is 6.18 Å². The summed E-state index contributed by atoms with van der Waals surface area (Å²) < 4.78 is 37.9. The predicted molar refractivity (Wildman–Crippen MR) is 55.3 cm³/mol. The minimum Gasteiger partial charge on any atom is -0.324 e. The standard InChI is InChI=1S/C7H10F3N3.2ClH/c1-4(11)5-3-12-13(2)6(5)7(8,9)10;;/h3-4H,11H2,1-2H3;2*1H/t4-;;/m0../s1. The fraction of sp³-hybridized carbons (Fsp3) is 0.571. The Balaban J connectivity index is 0. The van der Waals surface area contributed by atoms with Crippen molar-refractivity contribution in [1.29, 1.82) is 0 Å². The number of nitrogens with two attached hydrogens (primary N) is 1. The smallest absolute Gasteiger partial charge is 0.324 e. The first-order valence-corrected chi connectivity index (χ1v) is 3.68. The summed E-state index contributed by atoms with van der Waals surface area (Å²) in [6.07, 6.45) is -3.25. The number of aromatic nitrogens is 2. The number of halogens is 5. The van der Waals surface area contributed by atoms with Gasteiger partial charge in [0.05, 0.1) is 6.20 Å². The monoisotopic (exact) mass is 265 g/mol. The predicted octanol–water partition coefficient (Wildman–Crippen LogP) is 2.30. The van der Waals surface area contributed by atoms with E-state index in [2.05, 4.69) is 5.10 Å². The second-order valence-electron chi connectivity index (χ2n) is 2.86. The fourth-order valence-electron chi connectivity index (χ4n) is 1.13. The van der Waals surface area contributed by atoms with Gasteiger partial charge < -0.3 is 5.73 Å². The van der Waals surface area contributed by atoms with Gasteiger partial charge in [-0.3, -0.25) is 4.68 Å². The quantitative estimate of drug-likeness (QED) is 0.847. The molecule has 1 aromatic rings. The Hall–Kier alpha value is -0.460. The zero-order valence-corrected chi connectivity index (χ0v) is 9.71. The molecule has 1 atom stereocenters. The van der Waals surface area contributed by atoms with Gasteiger partial charge in [-0.1, -0.05) is 0 Å². The second-order valence-corrected chi connectivity index (χ2v) is 2.86. The number of aryl methyl sites for hydroxylation is 1. The summed E-state index contributed by atoms with van der Waals surface area (Å²) in [4.78, 5) is 0. The van der Waals surface area contributed by atoms with Crippen molar-refractivity contribution in [1.82, 2.24) is 9.78 Å². The normalized spacial score (nSPS) is 12.7. The molecule has 0 fully saturated rings. The largest absolute Gasteiger partial charge is 0.433 e. The van der Waals surface area contributed by atoms with Crippen LogP contribution < -0.4 is 5.73 Å². The Kier molecular flexibility index (Phi) is 6.30. The van der Waals surface area contributed by atoms with E-state index in [0.717, 1.165) is 10.9 Å². The van der Waals surface area contributed by atoms with Crippen LogP contribution in [0.5, 0.6) is 0 Å². The molecule has 3 nitrogen and oxygen atoms in total. The number of alkyl halides is 3. The SMILES string of the molecule is C[C@H](N)c1cnn(C)c1C(F)(F)F.Cl.Cl. The maximum atomic E-state index is 12.4. The lowest BCUT2D eigenvalue weighted by Crippen LogP contribution is -2.17. The molecule has 1 rings (SSSR count). The van der Waals surface area contributed by atoms with Crippen molar-refractivity contribution in [3.63, 3.8) is 0 Å². The first-order chi connectivity index (χ1) is 5.84. The molecule has 0 saturated carbocycles. The van der Waals surface area contributed by atoms with Crippen molar-refractivity contribution >= 4 is 24.8 Å². The Morgan fingerprint density at radius 2 is 1.87 bits per heavy atom. The van der Waals surface area contributed by atoms with Crippen LogP contribution in [-0.4, -0.2) is 9.78 Å². The van der Waals surface area contributed by atoms with Crippen LogP contribution in [0.2, 0.25) is 0 Å². The van der Waals surface area contributed by atoms with Gasteiger partial charge in [0, 0.05) is 18.7 Å². The number of hydrogen-bond acceptors (Lipinski definition) is 2. The van der Waals surface area contributed by atoms with E-state index in [4.69, 9.17) is 5.73 Å². The van der Waals surface area contributed by atoms with Gasteiger partial charge in [-0.05, 0) is 6.92 Å². The van der Waals surface area contributed by atoms with Crippen molar-refractivity contribution in [3.05, 3.63) is 17.5 Å². The molecule has 0 radical (unpaired) electrons. The number of nitrogens with zero attached hydrogens (tertiary/aromatic N) is 2. The molecule has 0 aliphatic carbocycles. The molecule has 0 amide bonds. The van der Waals surface area contributed by atoms with E-state index in [9.17, 15) is 13.2 Å². The zero-order chi connectivity index (χ0) is 10.2. The third kappa shape index (κ3) is 3.55. The van der Waals surface area contributed by atoms with E-state index in [1.54, 1.807) is 0 Å². The molecule has 0 bridgehead atoms. The summed E-state index contributed by atoms with van der Waals surface area (Å²) in [5, 5.41) is 3.52. The van der Waals surface area contributed by atoms with Gasteiger partial charge in [-0.25, -0.2) is 0 Å². The fourth-order valence-corrected chi connectivity index (χ4v) is 1.13. The summed E-state index contributed by atoms with van der Waals surface area (Å²) in [7, 11) is 1.24. The summed E-state index contributed by atoms with van der Waals surface area (Å²) in [6.45, 7) is 1.49. The van der Waals surface area contributed by atoms with Crippen molar-refractivity contribution in [2.75, 3.05) is 0 Å². The van der Waals surface area contributed by atoms with Gasteiger partial charge in [-0.15, -0.1) is 24.8 Å². The van der Waals surface area contributed by atoms with Gasteiger partial charge in [0.15, 0.2) is 0 Å². The van der Waals surface area contributed by atoms with Gasteiger partial charge in [0.1, 0.15) is 5.69 Å². The zero-order valence-electron chi connectivity index (χ0n) is 8.08. The number of rotatable bonds is 1. The van der Waals surface area contributed by atoms with Crippen molar-refractivity contribution in [2.24, 2.45) is 12.8 Å². The maximum absolute atomic E-state index is 12.4. The Morgan fingerprint density at radius 1 is 1.40 bits per heavy atom. The van der Waals surface area contributed by atoms with E-state index in [1.165, 1.54) is 14.0 Å². The highest BCUT2D eigenvalue weighted by Gasteiger charge is 2.37. The Bertz CT molecular complexity index is 309. The van der Waals surface area contributed by atoms with Crippen LogP contribution in [0, 0.1) is 0 Å². The first kappa shape index (κ1) is 17.0. The van der Waals surface area contributed by atoms with E-state index in [1.807, 2.05) is 0 Å². The maximum Gasteiger partial charge on any atom is 0.433 e. The topological polar surface area (TPSA) is 43.8 Å². The van der Waals surface area contributed by atoms with Crippen LogP contribution >= 0.6 is 24.8 Å². The average molecular weight is 266 g/mol. The molecule has 8 heteroatoms. The molecule has 0 spiro atoms. The first-order valence-electron chi connectivity index (χ1n) is 3.68. The lowest BCUT2D eigenvalue weighted by molar-refractivity contribution is -0.144. The molecule has 2 N–H and O–H groups in total. The molecule has 0 aliphatic rings.